The van der Waals surface area contributed by atoms with E-state index in [2.05, 4.69) is 15.3 Å². The number of rotatable bonds is 7. The van der Waals surface area contributed by atoms with Gasteiger partial charge in [0.2, 0.25) is 5.91 Å². The van der Waals surface area contributed by atoms with Gasteiger partial charge in [-0.05, 0) is 18.6 Å². The first-order chi connectivity index (χ1) is 10.2. The summed E-state index contributed by atoms with van der Waals surface area (Å²) in [5.74, 6) is 1.37. The van der Waals surface area contributed by atoms with Crippen molar-refractivity contribution in [2.75, 3.05) is 12.3 Å². The molecule has 1 unspecified atom stereocenters. The van der Waals surface area contributed by atoms with Gasteiger partial charge in [0.1, 0.15) is 11.6 Å². The maximum atomic E-state index is 11.9. The van der Waals surface area contributed by atoms with Crippen LogP contribution in [0.4, 0.5) is 5.69 Å². The van der Waals surface area contributed by atoms with Gasteiger partial charge in [0.15, 0.2) is 0 Å². The highest BCUT2D eigenvalue weighted by molar-refractivity contribution is 5.76. The number of nitrogens with zero attached hydrogens (tertiary/aromatic N) is 1. The summed E-state index contributed by atoms with van der Waals surface area (Å²) in [6, 6.07) is 7.05. The van der Waals surface area contributed by atoms with Crippen molar-refractivity contribution in [3.05, 3.63) is 42.5 Å². The normalized spacial score (nSPS) is 11.9. The standard InChI is InChI=1S/C15H20N4O2/c1-2-13(15-17-7-8-18-15)19-14(20)6-9-21-12-5-3-4-11(16)10-12/h3-5,7-8,10,13H,2,6,9,16H2,1H3,(H,17,18)(H,19,20). The van der Waals surface area contributed by atoms with Crippen molar-refractivity contribution < 1.29 is 9.53 Å². The minimum absolute atomic E-state index is 0.0675. The lowest BCUT2D eigenvalue weighted by molar-refractivity contribution is -0.122. The lowest BCUT2D eigenvalue weighted by Gasteiger charge is -2.14. The Bertz CT molecular complexity index is 569. The second-order valence-corrected chi connectivity index (χ2v) is 4.67. The summed E-state index contributed by atoms with van der Waals surface area (Å²) >= 11 is 0. The number of nitrogens with one attached hydrogen (secondary N) is 2. The molecule has 21 heavy (non-hydrogen) atoms. The number of benzene rings is 1. The summed E-state index contributed by atoms with van der Waals surface area (Å²) in [5.41, 5.74) is 6.30. The number of carbonyl (C=O) groups is 1. The second kappa shape index (κ2) is 7.33. The van der Waals surface area contributed by atoms with Crippen molar-refractivity contribution in [1.82, 2.24) is 15.3 Å². The lowest BCUT2D eigenvalue weighted by atomic mass is 10.2. The van der Waals surface area contributed by atoms with E-state index in [1.807, 2.05) is 19.1 Å². The van der Waals surface area contributed by atoms with Crippen LogP contribution in [0.2, 0.25) is 0 Å². The van der Waals surface area contributed by atoms with Crippen LogP contribution in [0, 0.1) is 0 Å². The number of imidazole rings is 1. The van der Waals surface area contributed by atoms with Gasteiger partial charge < -0.3 is 20.8 Å². The molecule has 0 aliphatic heterocycles. The third kappa shape index (κ3) is 4.52. The number of nitrogens with two attached hydrogens (primary N) is 1. The van der Waals surface area contributed by atoms with Gasteiger partial charge in [0, 0.05) is 24.1 Å². The first-order valence-corrected chi connectivity index (χ1v) is 6.96. The number of aromatic nitrogens is 2. The number of hydrogen-bond donors (Lipinski definition) is 3. The van der Waals surface area contributed by atoms with Gasteiger partial charge in [-0.15, -0.1) is 0 Å². The predicted octanol–water partition coefficient (Wildman–Crippen LogP) is 2.03. The van der Waals surface area contributed by atoms with Crippen LogP contribution in [-0.4, -0.2) is 22.5 Å². The number of anilines is 1. The van der Waals surface area contributed by atoms with E-state index in [0.29, 0.717) is 18.0 Å². The fourth-order valence-electron chi connectivity index (χ4n) is 1.96. The molecular weight excluding hydrogens is 268 g/mol. The zero-order valence-electron chi connectivity index (χ0n) is 12.0. The molecule has 112 valence electrons. The second-order valence-electron chi connectivity index (χ2n) is 4.67. The predicted molar refractivity (Wildman–Crippen MR) is 80.7 cm³/mol. The Morgan fingerprint density at radius 1 is 1.52 bits per heavy atom. The lowest BCUT2D eigenvalue weighted by Crippen LogP contribution is -2.29. The highest BCUT2D eigenvalue weighted by atomic mass is 16.5. The maximum Gasteiger partial charge on any atom is 0.224 e. The van der Waals surface area contributed by atoms with Gasteiger partial charge in [-0.2, -0.15) is 0 Å². The summed E-state index contributed by atoms with van der Waals surface area (Å²) in [5, 5.41) is 2.93. The summed E-state index contributed by atoms with van der Waals surface area (Å²) in [6.45, 7) is 2.31. The molecule has 0 bridgehead atoms. The fourth-order valence-corrected chi connectivity index (χ4v) is 1.96. The van der Waals surface area contributed by atoms with Crippen molar-refractivity contribution in [2.24, 2.45) is 0 Å². The first kappa shape index (κ1) is 14.9. The molecule has 0 aliphatic rings. The molecule has 6 heteroatoms. The van der Waals surface area contributed by atoms with E-state index in [-0.39, 0.29) is 18.4 Å². The molecule has 0 spiro atoms. The molecule has 1 aromatic heterocycles. The van der Waals surface area contributed by atoms with Crippen molar-refractivity contribution in [3.63, 3.8) is 0 Å². The summed E-state index contributed by atoms with van der Waals surface area (Å²) in [6.07, 6.45) is 4.47. The van der Waals surface area contributed by atoms with Crippen LogP contribution in [-0.2, 0) is 4.79 Å². The zero-order valence-corrected chi connectivity index (χ0v) is 12.0. The Hall–Kier alpha value is -2.50. The molecular formula is C15H20N4O2. The van der Waals surface area contributed by atoms with Crippen molar-refractivity contribution in [3.8, 4) is 5.75 Å². The SMILES string of the molecule is CCC(NC(=O)CCOc1cccc(N)c1)c1ncc[nH]1. The smallest absolute Gasteiger partial charge is 0.224 e. The van der Waals surface area contributed by atoms with Gasteiger partial charge in [0.05, 0.1) is 19.1 Å². The highest BCUT2D eigenvalue weighted by Gasteiger charge is 2.14. The molecule has 2 aromatic rings. The van der Waals surface area contributed by atoms with Crippen LogP contribution < -0.4 is 15.8 Å². The molecule has 0 saturated heterocycles. The van der Waals surface area contributed by atoms with E-state index in [1.165, 1.54) is 0 Å². The van der Waals surface area contributed by atoms with E-state index >= 15 is 0 Å². The Kier molecular flexibility index (Phi) is 5.20. The Morgan fingerprint density at radius 3 is 3.05 bits per heavy atom. The van der Waals surface area contributed by atoms with E-state index in [9.17, 15) is 4.79 Å². The topological polar surface area (TPSA) is 93.0 Å². The van der Waals surface area contributed by atoms with Crippen LogP contribution in [0.5, 0.6) is 5.75 Å². The summed E-state index contributed by atoms with van der Waals surface area (Å²) in [7, 11) is 0. The maximum absolute atomic E-state index is 11.9. The van der Waals surface area contributed by atoms with E-state index in [4.69, 9.17) is 10.5 Å². The highest BCUT2D eigenvalue weighted by Crippen LogP contribution is 2.15. The van der Waals surface area contributed by atoms with Gasteiger partial charge in [-0.1, -0.05) is 13.0 Å². The summed E-state index contributed by atoms with van der Waals surface area (Å²) in [4.78, 5) is 19.1. The van der Waals surface area contributed by atoms with E-state index in [1.54, 1.807) is 24.5 Å². The monoisotopic (exact) mass is 288 g/mol. The molecule has 1 heterocycles. The Balaban J connectivity index is 1.77. The molecule has 0 fully saturated rings. The van der Waals surface area contributed by atoms with Gasteiger partial charge in [-0.3, -0.25) is 4.79 Å². The van der Waals surface area contributed by atoms with Gasteiger partial charge >= 0.3 is 0 Å². The van der Waals surface area contributed by atoms with Crippen LogP contribution in [0.15, 0.2) is 36.7 Å². The van der Waals surface area contributed by atoms with Crippen LogP contribution in [0.25, 0.3) is 0 Å². The molecule has 4 N–H and O–H groups in total. The molecule has 2 rings (SSSR count). The van der Waals surface area contributed by atoms with Crippen LogP contribution >= 0.6 is 0 Å². The average molecular weight is 288 g/mol. The number of ether oxygens (including phenoxy) is 1. The molecule has 0 radical (unpaired) electrons. The van der Waals surface area contributed by atoms with Crippen molar-refractivity contribution in [1.29, 1.82) is 0 Å². The van der Waals surface area contributed by atoms with Crippen molar-refractivity contribution >= 4 is 11.6 Å². The molecule has 6 nitrogen and oxygen atoms in total. The summed E-state index contributed by atoms with van der Waals surface area (Å²) < 4.78 is 5.50. The van der Waals surface area contributed by atoms with Gasteiger partial charge in [0.25, 0.3) is 0 Å². The van der Waals surface area contributed by atoms with E-state index in [0.717, 1.165) is 12.2 Å². The minimum Gasteiger partial charge on any atom is -0.493 e. The number of nitrogen functional groups attached to an aromatic ring is 1. The number of H-pyrrole nitrogens is 1. The van der Waals surface area contributed by atoms with Crippen LogP contribution in [0.3, 0.4) is 0 Å². The number of amides is 1. The number of hydrogen-bond acceptors (Lipinski definition) is 4. The zero-order chi connectivity index (χ0) is 15.1. The third-order valence-electron chi connectivity index (χ3n) is 3.05. The molecule has 0 saturated carbocycles. The average Bonchev–Trinajstić information content (AvgIpc) is 2.99. The quantitative estimate of drug-likeness (QED) is 0.680. The fraction of sp³-hybridized carbons (Fsp3) is 0.333. The van der Waals surface area contributed by atoms with E-state index < -0.39 is 0 Å². The number of aromatic amines is 1. The number of carbonyl (C=O) groups excluding carboxylic acids is 1. The third-order valence-corrected chi connectivity index (χ3v) is 3.05. The van der Waals surface area contributed by atoms with Crippen LogP contribution in [0.1, 0.15) is 31.6 Å². The Labute approximate surface area is 123 Å². The van der Waals surface area contributed by atoms with Crippen molar-refractivity contribution in [2.45, 2.75) is 25.8 Å². The first-order valence-electron chi connectivity index (χ1n) is 6.96. The molecule has 1 atom stereocenters. The largest absolute Gasteiger partial charge is 0.493 e. The molecule has 1 amide bonds. The molecule has 0 aliphatic carbocycles. The Morgan fingerprint density at radius 2 is 2.38 bits per heavy atom. The minimum atomic E-state index is -0.0973. The van der Waals surface area contributed by atoms with Gasteiger partial charge in [-0.25, -0.2) is 4.98 Å². The molecule has 1 aromatic carbocycles.